The van der Waals surface area contributed by atoms with Crippen molar-refractivity contribution >= 4 is 23.4 Å². The van der Waals surface area contributed by atoms with E-state index in [0.717, 1.165) is 12.1 Å². The molecule has 1 amide bonds. The SMILES string of the molecule is COC(=O)c1ccsc1-c1cc(C(F)(F)F)ccc1CN1CCN(C(=O)OC(C)(C)C)CC1. The first-order valence-electron chi connectivity index (χ1n) is 10.5. The standard InChI is InChI=1S/C23H27F3N2O4S/c1-22(2,3)32-21(30)28-10-8-27(9-11-28)14-15-5-6-16(23(24,25)26)13-18(15)19-17(7-12-33-19)20(29)31-4/h5-7,12-13H,8-11,14H2,1-4H3. The van der Waals surface area contributed by atoms with E-state index in [4.69, 9.17) is 9.47 Å². The van der Waals surface area contributed by atoms with Gasteiger partial charge in [-0.25, -0.2) is 9.59 Å². The van der Waals surface area contributed by atoms with Crippen molar-refractivity contribution < 1.29 is 32.2 Å². The number of esters is 1. The fourth-order valence-electron chi connectivity index (χ4n) is 3.55. The van der Waals surface area contributed by atoms with Crippen molar-refractivity contribution in [2.24, 2.45) is 0 Å². The van der Waals surface area contributed by atoms with Crippen molar-refractivity contribution in [1.29, 1.82) is 0 Å². The molecule has 0 bridgehead atoms. The Hall–Kier alpha value is -2.59. The largest absolute Gasteiger partial charge is 0.465 e. The van der Waals surface area contributed by atoms with Gasteiger partial charge in [0.15, 0.2) is 0 Å². The van der Waals surface area contributed by atoms with Gasteiger partial charge in [0.1, 0.15) is 5.60 Å². The lowest BCUT2D eigenvalue weighted by molar-refractivity contribution is -0.137. The fraction of sp³-hybridized carbons (Fsp3) is 0.478. The van der Waals surface area contributed by atoms with Gasteiger partial charge in [0.2, 0.25) is 0 Å². The molecule has 1 saturated heterocycles. The molecule has 33 heavy (non-hydrogen) atoms. The van der Waals surface area contributed by atoms with E-state index in [1.54, 1.807) is 37.1 Å². The second-order valence-corrected chi connectivity index (χ2v) is 9.68. The van der Waals surface area contributed by atoms with Crippen LogP contribution in [-0.2, 0) is 22.2 Å². The van der Waals surface area contributed by atoms with Crippen molar-refractivity contribution in [2.75, 3.05) is 33.3 Å². The van der Waals surface area contributed by atoms with Crippen molar-refractivity contribution in [1.82, 2.24) is 9.80 Å². The number of piperazine rings is 1. The average Bonchev–Trinajstić information content (AvgIpc) is 3.21. The van der Waals surface area contributed by atoms with E-state index in [0.29, 0.717) is 48.7 Å². The van der Waals surface area contributed by atoms with Crippen LogP contribution in [-0.4, -0.2) is 60.8 Å². The van der Waals surface area contributed by atoms with Crippen LogP contribution in [0.5, 0.6) is 0 Å². The van der Waals surface area contributed by atoms with Gasteiger partial charge in [-0.3, -0.25) is 4.90 Å². The van der Waals surface area contributed by atoms with Gasteiger partial charge < -0.3 is 14.4 Å². The van der Waals surface area contributed by atoms with Crippen LogP contribution in [0.2, 0.25) is 0 Å². The Labute approximate surface area is 194 Å². The highest BCUT2D eigenvalue weighted by molar-refractivity contribution is 7.14. The van der Waals surface area contributed by atoms with Gasteiger partial charge in [-0.1, -0.05) is 6.07 Å². The fourth-order valence-corrected chi connectivity index (χ4v) is 4.48. The Morgan fingerprint density at radius 1 is 1.06 bits per heavy atom. The van der Waals surface area contributed by atoms with E-state index < -0.39 is 23.3 Å². The molecule has 0 atom stereocenters. The Bertz CT molecular complexity index is 1010. The number of methoxy groups -OCH3 is 1. The Morgan fingerprint density at radius 3 is 2.30 bits per heavy atom. The third kappa shape index (κ3) is 6.26. The molecule has 0 N–H and O–H groups in total. The van der Waals surface area contributed by atoms with Gasteiger partial charge >= 0.3 is 18.2 Å². The topological polar surface area (TPSA) is 59.1 Å². The zero-order chi connectivity index (χ0) is 24.4. The summed E-state index contributed by atoms with van der Waals surface area (Å²) in [6.45, 7) is 7.81. The third-order valence-corrected chi connectivity index (χ3v) is 6.12. The molecule has 1 aromatic heterocycles. The molecule has 6 nitrogen and oxygen atoms in total. The van der Waals surface area contributed by atoms with Crippen LogP contribution in [0, 0.1) is 0 Å². The van der Waals surface area contributed by atoms with Crippen LogP contribution in [0.3, 0.4) is 0 Å². The van der Waals surface area contributed by atoms with E-state index >= 15 is 0 Å². The first-order chi connectivity index (χ1) is 15.4. The summed E-state index contributed by atoms with van der Waals surface area (Å²) in [5, 5.41) is 1.66. The number of hydrogen-bond donors (Lipinski definition) is 0. The maximum Gasteiger partial charge on any atom is 0.416 e. The van der Waals surface area contributed by atoms with E-state index in [9.17, 15) is 22.8 Å². The molecule has 0 unspecified atom stereocenters. The summed E-state index contributed by atoms with van der Waals surface area (Å²) in [4.78, 5) is 28.6. The summed E-state index contributed by atoms with van der Waals surface area (Å²) in [7, 11) is 1.24. The number of ether oxygens (including phenoxy) is 2. The second-order valence-electron chi connectivity index (χ2n) is 8.77. The molecule has 0 saturated carbocycles. The van der Waals surface area contributed by atoms with E-state index in [1.807, 2.05) is 0 Å². The quantitative estimate of drug-likeness (QED) is 0.553. The first kappa shape index (κ1) is 25.0. The van der Waals surface area contributed by atoms with Crippen molar-refractivity contribution in [2.45, 2.75) is 39.1 Å². The number of hydrogen-bond acceptors (Lipinski definition) is 6. The summed E-state index contributed by atoms with van der Waals surface area (Å²) in [5.74, 6) is -0.597. The highest BCUT2D eigenvalue weighted by Crippen LogP contribution is 2.38. The zero-order valence-electron chi connectivity index (χ0n) is 19.0. The summed E-state index contributed by atoms with van der Waals surface area (Å²) in [6, 6.07) is 5.15. The molecule has 2 aromatic rings. The monoisotopic (exact) mass is 484 g/mol. The third-order valence-electron chi connectivity index (χ3n) is 5.17. The maximum atomic E-state index is 13.4. The molecule has 1 aromatic carbocycles. The predicted octanol–water partition coefficient (Wildman–Crippen LogP) is 5.27. The number of carbonyl (C=O) groups is 2. The number of alkyl halides is 3. The highest BCUT2D eigenvalue weighted by atomic mass is 32.1. The average molecular weight is 485 g/mol. The van der Waals surface area contributed by atoms with E-state index in [1.165, 1.54) is 24.5 Å². The van der Waals surface area contributed by atoms with Crippen molar-refractivity contribution in [3.8, 4) is 10.4 Å². The number of benzene rings is 1. The molecule has 1 aliphatic rings. The van der Waals surface area contributed by atoms with Crippen LogP contribution in [0.15, 0.2) is 29.6 Å². The van der Waals surface area contributed by atoms with Crippen LogP contribution in [0.4, 0.5) is 18.0 Å². The van der Waals surface area contributed by atoms with Gasteiger partial charge in [0.05, 0.1) is 18.2 Å². The van der Waals surface area contributed by atoms with Gasteiger partial charge in [0.25, 0.3) is 0 Å². The van der Waals surface area contributed by atoms with Crippen molar-refractivity contribution in [3.05, 3.63) is 46.3 Å². The van der Waals surface area contributed by atoms with E-state index in [-0.39, 0.29) is 11.7 Å². The first-order valence-corrected chi connectivity index (χ1v) is 11.3. The number of rotatable bonds is 4. The van der Waals surface area contributed by atoms with Crippen LogP contribution in [0.1, 0.15) is 42.3 Å². The molecule has 180 valence electrons. The minimum absolute atomic E-state index is 0.234. The number of thiophene rings is 1. The molecule has 10 heteroatoms. The van der Waals surface area contributed by atoms with Gasteiger partial charge in [-0.15, -0.1) is 11.3 Å². The molecule has 0 aliphatic carbocycles. The molecule has 3 rings (SSSR count). The Morgan fingerprint density at radius 2 is 1.73 bits per heavy atom. The molecule has 0 spiro atoms. The highest BCUT2D eigenvalue weighted by Gasteiger charge is 2.32. The number of halogens is 3. The molecule has 1 fully saturated rings. The number of amides is 1. The van der Waals surface area contributed by atoms with Crippen LogP contribution >= 0.6 is 11.3 Å². The summed E-state index contributed by atoms with van der Waals surface area (Å²) in [5.41, 5.74) is -0.101. The van der Waals surface area contributed by atoms with Crippen LogP contribution < -0.4 is 0 Å². The lowest BCUT2D eigenvalue weighted by atomic mass is 9.99. The number of carbonyl (C=O) groups excluding carboxylic acids is 2. The molecule has 1 aliphatic heterocycles. The smallest absolute Gasteiger partial charge is 0.416 e. The Kier molecular flexibility index (Phi) is 7.38. The summed E-state index contributed by atoms with van der Waals surface area (Å²) < 4.78 is 50.4. The zero-order valence-corrected chi connectivity index (χ0v) is 19.8. The number of nitrogens with zero attached hydrogens (tertiary/aromatic N) is 2. The molecular formula is C23H27F3N2O4S. The second kappa shape index (κ2) is 9.72. The summed E-state index contributed by atoms with van der Waals surface area (Å²) >= 11 is 1.20. The van der Waals surface area contributed by atoms with E-state index in [2.05, 4.69) is 4.90 Å². The molecule has 2 heterocycles. The molecular weight excluding hydrogens is 457 g/mol. The normalized spacial score (nSPS) is 15.4. The van der Waals surface area contributed by atoms with Crippen molar-refractivity contribution in [3.63, 3.8) is 0 Å². The van der Waals surface area contributed by atoms with Gasteiger partial charge in [-0.05, 0) is 55.5 Å². The minimum atomic E-state index is -4.50. The maximum absolute atomic E-state index is 13.4. The van der Waals surface area contributed by atoms with Gasteiger partial charge in [0, 0.05) is 37.6 Å². The Balaban J connectivity index is 1.82. The summed E-state index contributed by atoms with van der Waals surface area (Å²) in [6.07, 6.45) is -4.88. The molecule has 0 radical (unpaired) electrons. The predicted molar refractivity (Wildman–Crippen MR) is 119 cm³/mol. The van der Waals surface area contributed by atoms with Crippen LogP contribution in [0.25, 0.3) is 10.4 Å². The minimum Gasteiger partial charge on any atom is -0.465 e. The lowest BCUT2D eigenvalue weighted by Gasteiger charge is -2.35. The lowest BCUT2D eigenvalue weighted by Crippen LogP contribution is -2.49. The van der Waals surface area contributed by atoms with Gasteiger partial charge in [-0.2, -0.15) is 13.2 Å².